The number of rotatable bonds is 4. The standard InChI is InChI=1S/C20H15F4N7O3/c1-25-18-26-8-10-5-11(17(32)31(2)16(10)29-18)9-3-4-12(21)13(6-9)27-19(33)28-15-7-14(30-34-15)20(22,23)24/h3-8H,1-2H3,(H,25,26,29)(H2,27,28,33). The summed E-state index contributed by atoms with van der Waals surface area (Å²) >= 11 is 0. The van der Waals surface area contributed by atoms with Gasteiger partial charge in [-0.25, -0.2) is 14.2 Å². The van der Waals surface area contributed by atoms with Gasteiger partial charge in [-0.1, -0.05) is 11.2 Å². The van der Waals surface area contributed by atoms with E-state index < -0.39 is 35.2 Å². The number of hydrogen-bond acceptors (Lipinski definition) is 7. The van der Waals surface area contributed by atoms with E-state index in [1.165, 1.54) is 36.0 Å². The van der Waals surface area contributed by atoms with Crippen LogP contribution in [0.1, 0.15) is 5.69 Å². The molecule has 0 aliphatic rings. The molecule has 0 atom stereocenters. The average Bonchev–Trinajstić information content (AvgIpc) is 3.26. The molecule has 4 aromatic rings. The molecular weight excluding hydrogens is 462 g/mol. The molecule has 3 N–H and O–H groups in total. The Balaban J connectivity index is 1.63. The minimum Gasteiger partial charge on any atom is -0.357 e. The molecule has 10 nitrogen and oxygen atoms in total. The minimum atomic E-state index is -4.76. The highest BCUT2D eigenvalue weighted by Gasteiger charge is 2.35. The predicted molar refractivity (Wildman–Crippen MR) is 114 cm³/mol. The van der Waals surface area contributed by atoms with Crippen molar-refractivity contribution in [3.8, 4) is 11.1 Å². The molecule has 0 radical (unpaired) electrons. The molecule has 2 amide bonds. The van der Waals surface area contributed by atoms with Gasteiger partial charge in [-0.2, -0.15) is 18.2 Å². The number of carbonyl (C=O) groups is 1. The zero-order valence-corrected chi connectivity index (χ0v) is 17.5. The molecule has 3 heterocycles. The van der Waals surface area contributed by atoms with Crippen LogP contribution in [0.25, 0.3) is 22.2 Å². The van der Waals surface area contributed by atoms with E-state index in [1.54, 1.807) is 7.05 Å². The number of nitrogens with one attached hydrogen (secondary N) is 3. The molecule has 176 valence electrons. The molecule has 0 saturated carbocycles. The van der Waals surface area contributed by atoms with Gasteiger partial charge >= 0.3 is 12.2 Å². The van der Waals surface area contributed by atoms with Gasteiger partial charge in [0.15, 0.2) is 5.69 Å². The maximum Gasteiger partial charge on any atom is 0.436 e. The highest BCUT2D eigenvalue weighted by Crippen LogP contribution is 2.30. The van der Waals surface area contributed by atoms with Gasteiger partial charge in [0.25, 0.3) is 5.56 Å². The number of nitrogens with zero attached hydrogens (tertiary/aromatic N) is 4. The number of benzene rings is 1. The summed E-state index contributed by atoms with van der Waals surface area (Å²) in [6.45, 7) is 0. The van der Waals surface area contributed by atoms with E-state index >= 15 is 0 Å². The number of alkyl halides is 3. The number of amides is 2. The quantitative estimate of drug-likeness (QED) is 0.381. The second-order valence-corrected chi connectivity index (χ2v) is 6.99. The van der Waals surface area contributed by atoms with Crippen molar-refractivity contribution in [3.63, 3.8) is 0 Å². The van der Waals surface area contributed by atoms with Gasteiger partial charge in [0.1, 0.15) is 11.5 Å². The summed E-state index contributed by atoms with van der Waals surface area (Å²) < 4.78 is 57.8. The smallest absolute Gasteiger partial charge is 0.357 e. The number of carbonyl (C=O) groups excluding carboxylic acids is 1. The predicted octanol–water partition coefficient (Wildman–Crippen LogP) is 3.83. The molecule has 0 unspecified atom stereocenters. The Morgan fingerprint density at radius 3 is 2.59 bits per heavy atom. The highest BCUT2D eigenvalue weighted by molar-refractivity contribution is 5.99. The summed E-state index contributed by atoms with van der Waals surface area (Å²) in [7, 11) is 3.15. The summed E-state index contributed by atoms with van der Waals surface area (Å²) in [4.78, 5) is 33.4. The third-order valence-corrected chi connectivity index (χ3v) is 4.74. The van der Waals surface area contributed by atoms with Crippen molar-refractivity contribution in [1.82, 2.24) is 19.7 Å². The number of urea groups is 1. The van der Waals surface area contributed by atoms with Crippen LogP contribution in [-0.2, 0) is 13.2 Å². The zero-order valence-electron chi connectivity index (χ0n) is 17.5. The Morgan fingerprint density at radius 2 is 1.91 bits per heavy atom. The first kappa shape index (κ1) is 22.7. The maximum absolute atomic E-state index is 14.3. The van der Waals surface area contributed by atoms with E-state index in [-0.39, 0.29) is 16.8 Å². The summed E-state index contributed by atoms with van der Waals surface area (Å²) in [6, 6.07) is 4.51. The van der Waals surface area contributed by atoms with Gasteiger partial charge in [-0.05, 0) is 23.8 Å². The molecule has 0 spiro atoms. The molecule has 0 fully saturated rings. The Hall–Kier alpha value is -4.49. The van der Waals surface area contributed by atoms with Crippen molar-refractivity contribution >= 4 is 34.6 Å². The van der Waals surface area contributed by atoms with Crippen LogP contribution in [0, 0.1) is 5.82 Å². The number of aromatic nitrogens is 4. The Labute approximate surface area is 187 Å². The fraction of sp³-hybridized carbons (Fsp3) is 0.150. The lowest BCUT2D eigenvalue weighted by molar-refractivity contribution is -0.142. The van der Waals surface area contributed by atoms with Crippen molar-refractivity contribution in [3.05, 3.63) is 58.4 Å². The van der Waals surface area contributed by atoms with E-state index in [0.717, 1.165) is 6.07 Å². The number of halogens is 4. The van der Waals surface area contributed by atoms with Gasteiger partial charge < -0.3 is 15.2 Å². The Bertz CT molecular complexity index is 1460. The normalized spacial score (nSPS) is 11.5. The molecule has 0 aliphatic heterocycles. The monoisotopic (exact) mass is 477 g/mol. The van der Waals surface area contributed by atoms with Crippen LogP contribution in [-0.4, -0.2) is 32.8 Å². The van der Waals surface area contributed by atoms with Crippen LogP contribution in [0.3, 0.4) is 0 Å². The van der Waals surface area contributed by atoms with Crippen LogP contribution in [0.4, 0.5) is 39.9 Å². The minimum absolute atomic E-state index is 0.185. The Kier molecular flexibility index (Phi) is 5.65. The van der Waals surface area contributed by atoms with E-state index in [4.69, 9.17) is 0 Å². The van der Waals surface area contributed by atoms with E-state index in [9.17, 15) is 27.2 Å². The molecule has 0 aliphatic carbocycles. The number of hydrogen-bond donors (Lipinski definition) is 3. The molecule has 4 rings (SSSR count). The van der Waals surface area contributed by atoms with Crippen LogP contribution in [0.5, 0.6) is 0 Å². The van der Waals surface area contributed by atoms with Crippen LogP contribution >= 0.6 is 0 Å². The number of fused-ring (bicyclic) bond motifs is 1. The Morgan fingerprint density at radius 1 is 1.15 bits per heavy atom. The van der Waals surface area contributed by atoms with Crippen molar-refractivity contribution in [2.24, 2.45) is 7.05 Å². The number of pyridine rings is 1. The first-order valence-corrected chi connectivity index (χ1v) is 9.53. The lowest BCUT2D eigenvalue weighted by Crippen LogP contribution is -2.21. The van der Waals surface area contributed by atoms with Gasteiger partial charge in [0.2, 0.25) is 11.8 Å². The third kappa shape index (κ3) is 4.37. The summed E-state index contributed by atoms with van der Waals surface area (Å²) in [5.74, 6) is -1.11. The summed E-state index contributed by atoms with van der Waals surface area (Å²) in [5.41, 5.74) is -1.27. The molecule has 3 aromatic heterocycles. The lowest BCUT2D eigenvalue weighted by Gasteiger charge is -2.11. The first-order chi connectivity index (χ1) is 16.1. The van der Waals surface area contributed by atoms with Gasteiger partial charge in [0, 0.05) is 37.3 Å². The molecular formula is C20H15F4N7O3. The van der Waals surface area contributed by atoms with E-state index in [1.807, 2.05) is 5.32 Å². The van der Waals surface area contributed by atoms with Crippen LogP contribution in [0.15, 0.2) is 45.8 Å². The molecule has 0 bridgehead atoms. The number of aryl methyl sites for hydroxylation is 1. The van der Waals surface area contributed by atoms with Crippen molar-refractivity contribution in [2.45, 2.75) is 6.18 Å². The van der Waals surface area contributed by atoms with Crippen molar-refractivity contribution in [2.75, 3.05) is 23.0 Å². The fourth-order valence-corrected chi connectivity index (χ4v) is 3.10. The summed E-state index contributed by atoms with van der Waals surface area (Å²) in [5, 5.41) is 10.3. The molecule has 0 saturated heterocycles. The third-order valence-electron chi connectivity index (χ3n) is 4.74. The van der Waals surface area contributed by atoms with Crippen LogP contribution < -0.4 is 21.5 Å². The topological polar surface area (TPSA) is 127 Å². The van der Waals surface area contributed by atoms with Crippen LogP contribution in [0.2, 0.25) is 0 Å². The second-order valence-electron chi connectivity index (χ2n) is 6.99. The van der Waals surface area contributed by atoms with Gasteiger partial charge in [0.05, 0.1) is 5.69 Å². The highest BCUT2D eigenvalue weighted by atomic mass is 19.4. The lowest BCUT2D eigenvalue weighted by atomic mass is 10.1. The largest absolute Gasteiger partial charge is 0.436 e. The zero-order chi connectivity index (χ0) is 24.6. The fourth-order valence-electron chi connectivity index (χ4n) is 3.10. The average molecular weight is 477 g/mol. The van der Waals surface area contributed by atoms with E-state index in [2.05, 4.69) is 30.3 Å². The van der Waals surface area contributed by atoms with Gasteiger partial charge in [-0.15, -0.1) is 0 Å². The summed E-state index contributed by atoms with van der Waals surface area (Å²) in [6.07, 6.45) is -3.24. The second kappa shape index (κ2) is 8.46. The molecule has 1 aromatic carbocycles. The van der Waals surface area contributed by atoms with Crippen molar-refractivity contribution in [1.29, 1.82) is 0 Å². The first-order valence-electron chi connectivity index (χ1n) is 9.53. The molecule has 34 heavy (non-hydrogen) atoms. The van der Waals surface area contributed by atoms with Crippen molar-refractivity contribution < 1.29 is 26.9 Å². The SMILES string of the molecule is CNc1ncc2cc(-c3ccc(F)c(NC(=O)Nc4cc(C(F)(F)F)no4)c3)c(=O)n(C)c2n1. The molecule has 14 heteroatoms. The maximum atomic E-state index is 14.3. The number of anilines is 3. The van der Waals surface area contributed by atoms with Gasteiger partial charge in [-0.3, -0.25) is 14.7 Å². The van der Waals surface area contributed by atoms with E-state index in [0.29, 0.717) is 23.0 Å².